The molecular weight excluding hydrogens is 258 g/mol. The Kier molecular flexibility index (Phi) is 7.54. The summed E-state index contributed by atoms with van der Waals surface area (Å²) in [6.07, 6.45) is 8.46. The molecule has 2 N–H and O–H groups in total. The second-order valence-electron chi connectivity index (χ2n) is 4.59. The molecule has 1 saturated heterocycles. The molecule has 4 nitrogen and oxygen atoms in total. The van der Waals surface area contributed by atoms with E-state index in [1.165, 1.54) is 51.7 Å². The van der Waals surface area contributed by atoms with Crippen molar-refractivity contribution in [3.8, 4) is 0 Å². The minimum absolute atomic E-state index is 0.565. The Morgan fingerprint density at radius 2 is 1.65 bits per heavy atom. The molecule has 1 rings (SSSR count). The Morgan fingerprint density at radius 1 is 1.00 bits per heavy atom. The zero-order chi connectivity index (χ0) is 12.6. The monoisotopic (exact) mass is 282 g/mol. The van der Waals surface area contributed by atoms with Crippen LogP contribution in [0.25, 0.3) is 0 Å². The zero-order valence-electron chi connectivity index (χ0n) is 10.3. The lowest BCUT2D eigenvalue weighted by atomic mass is 10.1. The number of nitrogens with zero attached hydrogens (tertiary/aromatic N) is 1. The molecule has 1 fully saturated rings. The number of piperidine rings is 1. The van der Waals surface area contributed by atoms with E-state index in [0.717, 1.165) is 23.2 Å². The van der Waals surface area contributed by atoms with Gasteiger partial charge in [0.05, 0.1) is 0 Å². The highest BCUT2D eigenvalue weighted by molar-refractivity contribution is 8.34. The Bertz CT molecular complexity index is 300. The Morgan fingerprint density at radius 3 is 2.29 bits per heavy atom. The van der Waals surface area contributed by atoms with E-state index in [1.807, 2.05) is 0 Å². The van der Waals surface area contributed by atoms with Crippen LogP contribution < -0.4 is 0 Å². The molecule has 0 radical (unpaired) electrons. The van der Waals surface area contributed by atoms with Gasteiger partial charge in [0.25, 0.3) is 10.3 Å². The highest BCUT2D eigenvalue weighted by Crippen LogP contribution is 2.10. The van der Waals surface area contributed by atoms with Gasteiger partial charge in [0.1, 0.15) is 0 Å². The fourth-order valence-corrected chi connectivity index (χ4v) is 3.69. The maximum atomic E-state index is 10.5. The van der Waals surface area contributed by atoms with Crippen LogP contribution in [0.3, 0.4) is 0 Å². The second-order valence-corrected chi connectivity index (χ2v) is 8.14. The van der Waals surface area contributed by atoms with Crippen LogP contribution in [0.15, 0.2) is 0 Å². The summed E-state index contributed by atoms with van der Waals surface area (Å²) >= 11 is 0. The molecule has 102 valence electrons. The summed E-state index contributed by atoms with van der Waals surface area (Å²) in [4.78, 5) is 2.53. The van der Waals surface area contributed by atoms with Crippen LogP contribution in [0.2, 0.25) is 0 Å². The molecule has 1 aliphatic heterocycles. The fourth-order valence-electron chi connectivity index (χ4n) is 2.14. The smallest absolute Gasteiger partial charge is 0.303 e. The molecule has 0 aromatic rings. The lowest BCUT2D eigenvalue weighted by Gasteiger charge is -2.26. The summed E-state index contributed by atoms with van der Waals surface area (Å²) in [6.45, 7) is 3.71. The fraction of sp³-hybridized carbons (Fsp3) is 1.00. The van der Waals surface area contributed by atoms with Gasteiger partial charge in [0.15, 0.2) is 5.75 Å². The molecule has 0 atom stereocenters. The van der Waals surface area contributed by atoms with Crippen LogP contribution in [0.4, 0.5) is 0 Å². The van der Waals surface area contributed by atoms with Gasteiger partial charge in [-0.25, -0.2) is 0 Å². The van der Waals surface area contributed by atoms with Gasteiger partial charge in [-0.15, -0.1) is 0 Å². The molecule has 0 aromatic heterocycles. The number of hydrogen-bond acceptors (Lipinski definition) is 2. The molecule has 6 heteroatoms. The van der Waals surface area contributed by atoms with Gasteiger partial charge in [0.2, 0.25) is 0 Å². The predicted molar refractivity (Wildman–Crippen MR) is 74.4 cm³/mol. The van der Waals surface area contributed by atoms with Crippen molar-refractivity contribution in [2.24, 2.45) is 0 Å². The van der Waals surface area contributed by atoms with E-state index in [4.69, 9.17) is 9.11 Å². The van der Waals surface area contributed by atoms with E-state index >= 15 is 0 Å². The second kappa shape index (κ2) is 8.37. The van der Waals surface area contributed by atoms with Crippen LogP contribution in [0.1, 0.15) is 44.9 Å². The lowest BCUT2D eigenvalue weighted by molar-refractivity contribution is 0.224. The third-order valence-corrected chi connectivity index (χ3v) is 5.24. The van der Waals surface area contributed by atoms with Crippen molar-refractivity contribution < 1.29 is 13.3 Å². The summed E-state index contributed by atoms with van der Waals surface area (Å²) in [5, 5.41) is 0. The standard InChI is InChI=1S/C11H23NO3S2/c13-17(14,15)16-11-7-2-1-4-8-12-9-5-3-6-10-12/h1-11H2,(H-,13,14,15)/p+1. The Hall–Kier alpha value is 0.250. The van der Waals surface area contributed by atoms with Crippen molar-refractivity contribution >= 4 is 19.4 Å². The maximum absolute atomic E-state index is 10.5. The molecule has 0 amide bonds. The van der Waals surface area contributed by atoms with Gasteiger partial charge in [0, 0.05) is 6.42 Å². The molecule has 0 unspecified atom stereocenters. The van der Waals surface area contributed by atoms with Crippen molar-refractivity contribution in [3.63, 3.8) is 0 Å². The number of rotatable bonds is 7. The van der Waals surface area contributed by atoms with E-state index in [9.17, 15) is 4.21 Å². The predicted octanol–water partition coefficient (Wildman–Crippen LogP) is 2.26. The molecule has 0 spiro atoms. The van der Waals surface area contributed by atoms with Crippen molar-refractivity contribution in [1.82, 2.24) is 4.90 Å². The minimum Gasteiger partial charge on any atom is -0.303 e. The third-order valence-electron chi connectivity index (χ3n) is 3.05. The molecular formula is C11H24NO3S2+. The average molecular weight is 282 g/mol. The first kappa shape index (κ1) is 15.3. The Balaban J connectivity index is 1.92. The summed E-state index contributed by atoms with van der Waals surface area (Å²) in [6, 6.07) is 0. The van der Waals surface area contributed by atoms with Crippen LogP contribution >= 0.6 is 0 Å². The summed E-state index contributed by atoms with van der Waals surface area (Å²) in [5.74, 6) is 0.565. The number of likely N-dealkylation sites (tertiary alicyclic amines) is 1. The van der Waals surface area contributed by atoms with Gasteiger partial charge in [-0.2, -0.15) is 4.21 Å². The number of hydrogen-bond donors (Lipinski definition) is 2. The molecule has 0 aliphatic carbocycles. The first-order valence-electron chi connectivity index (χ1n) is 6.44. The van der Waals surface area contributed by atoms with E-state index in [1.54, 1.807) is 0 Å². The highest BCUT2D eigenvalue weighted by atomic mass is 32.9. The van der Waals surface area contributed by atoms with E-state index < -0.39 is 9.05 Å². The van der Waals surface area contributed by atoms with Crippen molar-refractivity contribution in [2.45, 2.75) is 44.9 Å². The average Bonchev–Trinajstić information content (AvgIpc) is 2.28. The lowest BCUT2D eigenvalue weighted by Crippen LogP contribution is -2.30. The first-order chi connectivity index (χ1) is 8.08. The normalized spacial score (nSPS) is 18.2. The Labute approximate surface area is 108 Å². The molecule has 0 aromatic carbocycles. The highest BCUT2D eigenvalue weighted by Gasteiger charge is 2.10. The van der Waals surface area contributed by atoms with Crippen molar-refractivity contribution in [1.29, 1.82) is 0 Å². The van der Waals surface area contributed by atoms with Crippen molar-refractivity contribution in [3.05, 3.63) is 0 Å². The zero-order valence-corrected chi connectivity index (χ0v) is 12.0. The maximum Gasteiger partial charge on any atom is 0.430 e. The van der Waals surface area contributed by atoms with Crippen LogP contribution in [-0.2, 0) is 19.4 Å². The number of unbranched alkanes of at least 4 members (excludes halogenated alkanes) is 3. The topological polar surface area (TPSA) is 60.8 Å². The van der Waals surface area contributed by atoms with Crippen LogP contribution in [-0.4, -0.2) is 43.6 Å². The van der Waals surface area contributed by atoms with Gasteiger partial charge < -0.3 is 4.90 Å². The SMILES string of the molecule is O=S(O)(O)=[S+]CCCCCCN1CCCCC1. The van der Waals surface area contributed by atoms with Crippen molar-refractivity contribution in [2.75, 3.05) is 25.4 Å². The minimum atomic E-state index is -3.58. The van der Waals surface area contributed by atoms with E-state index in [0.29, 0.717) is 5.75 Å². The quantitative estimate of drug-likeness (QED) is 0.555. The van der Waals surface area contributed by atoms with Crippen LogP contribution in [0, 0.1) is 0 Å². The largest absolute Gasteiger partial charge is 0.430 e. The van der Waals surface area contributed by atoms with Gasteiger partial charge in [-0.3, -0.25) is 9.11 Å². The molecule has 1 aliphatic rings. The first-order valence-corrected chi connectivity index (χ1v) is 9.41. The van der Waals surface area contributed by atoms with E-state index in [2.05, 4.69) is 4.90 Å². The van der Waals surface area contributed by atoms with Gasteiger partial charge in [-0.05, 0) is 45.3 Å². The third kappa shape index (κ3) is 8.90. The molecule has 17 heavy (non-hydrogen) atoms. The molecule has 1 heterocycles. The van der Waals surface area contributed by atoms with Crippen LogP contribution in [0.5, 0.6) is 0 Å². The van der Waals surface area contributed by atoms with E-state index in [-0.39, 0.29) is 0 Å². The summed E-state index contributed by atoms with van der Waals surface area (Å²) in [7, 11) is -2.83. The summed E-state index contributed by atoms with van der Waals surface area (Å²) < 4.78 is 27.8. The van der Waals surface area contributed by atoms with Gasteiger partial charge in [-0.1, -0.05) is 12.8 Å². The molecule has 0 saturated carbocycles. The molecule has 0 bridgehead atoms. The van der Waals surface area contributed by atoms with Gasteiger partial charge >= 0.3 is 9.05 Å². The summed E-state index contributed by atoms with van der Waals surface area (Å²) in [5.41, 5.74) is 0.